The van der Waals surface area contributed by atoms with Gasteiger partial charge in [0.25, 0.3) is 5.91 Å². The number of hydrogen-bond acceptors (Lipinski definition) is 4. The highest BCUT2D eigenvalue weighted by molar-refractivity contribution is 7.15. The number of aromatic nitrogens is 1. The molecular formula is C18H22Cl2N3O2S+. The van der Waals surface area contributed by atoms with Crippen molar-refractivity contribution >= 4 is 45.6 Å². The highest BCUT2D eigenvalue weighted by Gasteiger charge is 2.27. The van der Waals surface area contributed by atoms with Crippen molar-refractivity contribution in [3.8, 4) is 0 Å². The van der Waals surface area contributed by atoms with Crippen LogP contribution in [-0.2, 0) is 16.0 Å². The standard InChI is InChI=1S/C18H21Cl2N3O2S/c1-11-8-23(9-12(2)25-11)10-17(24)22-18-21-7-16(26-18)5-13-3-14(19)6-15(20)4-13/h3-4,6-7,11-12H,5,8-10H2,1-2H3,(H,21,22,24)/p+1/t11-,12-/m0/s1. The lowest BCUT2D eigenvalue weighted by atomic mass is 10.1. The molecule has 26 heavy (non-hydrogen) atoms. The van der Waals surface area contributed by atoms with E-state index in [0.717, 1.165) is 23.5 Å². The van der Waals surface area contributed by atoms with Gasteiger partial charge in [-0.2, -0.15) is 0 Å². The molecule has 140 valence electrons. The van der Waals surface area contributed by atoms with Crippen LogP contribution in [0.5, 0.6) is 0 Å². The van der Waals surface area contributed by atoms with Gasteiger partial charge in [-0.3, -0.25) is 10.1 Å². The Hall–Kier alpha value is -1.18. The molecule has 1 aromatic heterocycles. The molecule has 0 radical (unpaired) electrons. The molecule has 2 N–H and O–H groups in total. The molecule has 1 fully saturated rings. The SMILES string of the molecule is C[C@H]1C[NH+](CC(=O)Nc2ncc(Cc3cc(Cl)cc(Cl)c3)s2)C[C@H](C)O1. The average molecular weight is 415 g/mol. The summed E-state index contributed by atoms with van der Waals surface area (Å²) in [6, 6.07) is 5.48. The van der Waals surface area contributed by atoms with Crippen LogP contribution in [0.3, 0.4) is 0 Å². The number of halogens is 2. The first-order valence-corrected chi connectivity index (χ1v) is 10.1. The summed E-state index contributed by atoms with van der Waals surface area (Å²) in [5, 5.41) is 4.75. The van der Waals surface area contributed by atoms with E-state index in [9.17, 15) is 4.79 Å². The van der Waals surface area contributed by atoms with Gasteiger partial charge < -0.3 is 9.64 Å². The van der Waals surface area contributed by atoms with Crippen molar-refractivity contribution in [2.45, 2.75) is 32.5 Å². The lowest BCUT2D eigenvalue weighted by Crippen LogP contribution is -3.16. The zero-order chi connectivity index (χ0) is 18.7. The Morgan fingerprint density at radius 3 is 2.58 bits per heavy atom. The number of ether oxygens (including phenoxy) is 1. The summed E-state index contributed by atoms with van der Waals surface area (Å²) < 4.78 is 5.71. The molecule has 0 unspecified atom stereocenters. The van der Waals surface area contributed by atoms with Crippen LogP contribution in [0.1, 0.15) is 24.3 Å². The van der Waals surface area contributed by atoms with E-state index < -0.39 is 0 Å². The number of anilines is 1. The Bertz CT molecular complexity index is 753. The van der Waals surface area contributed by atoms with Crippen molar-refractivity contribution in [3.63, 3.8) is 0 Å². The third-order valence-electron chi connectivity index (χ3n) is 4.13. The molecule has 5 nitrogen and oxygen atoms in total. The Kier molecular flexibility index (Phi) is 6.53. The van der Waals surface area contributed by atoms with Gasteiger partial charge in [0.2, 0.25) is 0 Å². The van der Waals surface area contributed by atoms with Crippen LogP contribution in [0.15, 0.2) is 24.4 Å². The molecule has 0 spiro atoms. The molecule has 1 amide bonds. The number of thiazole rings is 1. The summed E-state index contributed by atoms with van der Waals surface area (Å²) in [5.74, 6) is -0.0204. The van der Waals surface area contributed by atoms with Gasteiger partial charge >= 0.3 is 0 Å². The van der Waals surface area contributed by atoms with Crippen molar-refractivity contribution in [1.82, 2.24) is 4.98 Å². The molecule has 2 atom stereocenters. The Labute approximate surface area is 167 Å². The Balaban J connectivity index is 1.55. The number of nitrogens with zero attached hydrogens (tertiary/aromatic N) is 1. The lowest BCUT2D eigenvalue weighted by Gasteiger charge is -2.31. The number of nitrogens with one attached hydrogen (secondary N) is 2. The highest BCUT2D eigenvalue weighted by atomic mass is 35.5. The van der Waals surface area contributed by atoms with Gasteiger partial charge in [-0.25, -0.2) is 4.98 Å². The molecule has 2 aromatic rings. The number of quaternary nitrogens is 1. The van der Waals surface area contributed by atoms with Crippen LogP contribution in [-0.4, -0.2) is 42.7 Å². The maximum absolute atomic E-state index is 12.3. The van der Waals surface area contributed by atoms with Gasteiger partial charge in [-0.05, 0) is 37.6 Å². The number of benzene rings is 1. The van der Waals surface area contributed by atoms with Gasteiger partial charge in [-0.1, -0.05) is 23.2 Å². The summed E-state index contributed by atoms with van der Waals surface area (Å²) in [6.07, 6.45) is 2.81. The van der Waals surface area contributed by atoms with Crippen LogP contribution in [0.4, 0.5) is 5.13 Å². The maximum Gasteiger partial charge on any atom is 0.281 e. The number of morpholine rings is 1. The minimum Gasteiger partial charge on any atom is -0.364 e. The number of carbonyl (C=O) groups is 1. The van der Waals surface area contributed by atoms with Gasteiger partial charge in [0, 0.05) is 27.5 Å². The fourth-order valence-corrected chi connectivity index (χ4v) is 4.72. The van der Waals surface area contributed by atoms with Gasteiger partial charge in [-0.15, -0.1) is 11.3 Å². The predicted octanol–water partition coefficient (Wildman–Crippen LogP) is 2.67. The summed E-state index contributed by atoms with van der Waals surface area (Å²) in [6.45, 7) is 6.20. The monoisotopic (exact) mass is 414 g/mol. The lowest BCUT2D eigenvalue weighted by molar-refractivity contribution is -0.907. The molecule has 1 aliphatic rings. The fraction of sp³-hybridized carbons (Fsp3) is 0.444. The molecule has 2 heterocycles. The third-order valence-corrected chi connectivity index (χ3v) is 5.48. The van der Waals surface area contributed by atoms with E-state index >= 15 is 0 Å². The summed E-state index contributed by atoms with van der Waals surface area (Å²) >= 11 is 13.5. The van der Waals surface area contributed by atoms with E-state index in [0.29, 0.717) is 28.1 Å². The maximum atomic E-state index is 12.3. The fourth-order valence-electron chi connectivity index (χ4n) is 3.29. The van der Waals surface area contributed by atoms with Crippen LogP contribution in [0, 0.1) is 0 Å². The van der Waals surface area contributed by atoms with Crippen LogP contribution < -0.4 is 10.2 Å². The first-order chi connectivity index (χ1) is 12.4. The molecule has 8 heteroatoms. The second kappa shape index (κ2) is 8.67. The second-order valence-corrected chi connectivity index (χ2v) is 8.71. The van der Waals surface area contributed by atoms with Crippen molar-refractivity contribution < 1.29 is 14.4 Å². The number of amides is 1. The van der Waals surface area contributed by atoms with Crippen molar-refractivity contribution in [1.29, 1.82) is 0 Å². The van der Waals surface area contributed by atoms with Crippen LogP contribution in [0.2, 0.25) is 10.0 Å². The molecule has 3 rings (SSSR count). The molecule has 1 aliphatic heterocycles. The van der Waals surface area contributed by atoms with E-state index in [1.165, 1.54) is 16.2 Å². The minimum atomic E-state index is -0.0204. The topological polar surface area (TPSA) is 55.7 Å². The van der Waals surface area contributed by atoms with E-state index in [4.69, 9.17) is 27.9 Å². The van der Waals surface area contributed by atoms with Crippen LogP contribution in [0.25, 0.3) is 0 Å². The third kappa shape index (κ3) is 5.66. The van der Waals surface area contributed by atoms with Crippen molar-refractivity contribution in [2.75, 3.05) is 25.0 Å². The van der Waals surface area contributed by atoms with Gasteiger partial charge in [0.1, 0.15) is 25.3 Å². The van der Waals surface area contributed by atoms with Crippen LogP contribution >= 0.6 is 34.5 Å². The van der Waals surface area contributed by atoms with Gasteiger partial charge in [0.05, 0.1) is 0 Å². The summed E-state index contributed by atoms with van der Waals surface area (Å²) in [7, 11) is 0. The predicted molar refractivity (Wildman–Crippen MR) is 106 cm³/mol. The van der Waals surface area contributed by atoms with Gasteiger partial charge in [0.15, 0.2) is 11.7 Å². The van der Waals surface area contributed by atoms with Crippen molar-refractivity contribution in [3.05, 3.63) is 44.9 Å². The Morgan fingerprint density at radius 1 is 1.27 bits per heavy atom. The number of rotatable bonds is 5. The minimum absolute atomic E-state index is 0.0204. The summed E-state index contributed by atoms with van der Waals surface area (Å²) in [4.78, 5) is 18.9. The largest absolute Gasteiger partial charge is 0.364 e. The van der Waals surface area contributed by atoms with E-state index in [2.05, 4.69) is 10.3 Å². The average Bonchev–Trinajstić information content (AvgIpc) is 2.91. The van der Waals surface area contributed by atoms with Crippen molar-refractivity contribution in [2.24, 2.45) is 0 Å². The molecular weight excluding hydrogens is 393 g/mol. The van der Waals surface area contributed by atoms with E-state index in [1.807, 2.05) is 26.0 Å². The van der Waals surface area contributed by atoms with E-state index in [-0.39, 0.29) is 18.1 Å². The normalized spacial score (nSPS) is 23.0. The molecule has 1 aromatic carbocycles. The van der Waals surface area contributed by atoms with E-state index in [1.54, 1.807) is 12.3 Å². The molecule has 1 saturated heterocycles. The second-order valence-electron chi connectivity index (χ2n) is 6.73. The molecule has 0 aliphatic carbocycles. The zero-order valence-electron chi connectivity index (χ0n) is 14.7. The number of carbonyl (C=O) groups excluding carboxylic acids is 1. The summed E-state index contributed by atoms with van der Waals surface area (Å²) in [5.41, 5.74) is 1.02. The zero-order valence-corrected chi connectivity index (χ0v) is 17.0. The Morgan fingerprint density at radius 2 is 1.92 bits per heavy atom. The first-order valence-electron chi connectivity index (χ1n) is 8.56. The highest BCUT2D eigenvalue weighted by Crippen LogP contribution is 2.25. The molecule has 0 bridgehead atoms. The number of hydrogen-bond donors (Lipinski definition) is 2. The quantitative estimate of drug-likeness (QED) is 0.790. The molecule has 0 saturated carbocycles. The smallest absolute Gasteiger partial charge is 0.281 e. The first kappa shape index (κ1) is 19.6.